The number of hydrogen-bond acceptors (Lipinski definition) is 5. The van der Waals surface area contributed by atoms with E-state index in [9.17, 15) is 4.79 Å². The van der Waals surface area contributed by atoms with Gasteiger partial charge in [-0.15, -0.1) is 0 Å². The molecule has 2 aromatic rings. The third-order valence-electron chi connectivity index (χ3n) is 5.21. The molecule has 3 rings (SSSR count). The third-order valence-corrected chi connectivity index (χ3v) is 6.03. The maximum Gasteiger partial charge on any atom is 0.220 e. The number of nitrogens with one attached hydrogen (secondary N) is 2. The molecule has 0 aliphatic carbocycles. The number of quaternary nitrogens is 1. The van der Waals surface area contributed by atoms with E-state index in [1.165, 1.54) is 17.1 Å². The van der Waals surface area contributed by atoms with Gasteiger partial charge in [0.05, 0.1) is 39.3 Å². The van der Waals surface area contributed by atoms with Crippen molar-refractivity contribution in [3.05, 3.63) is 41.7 Å². The molecule has 1 aliphatic heterocycles. The molecule has 0 spiro atoms. The molecular formula is C21H32N5OS+. The van der Waals surface area contributed by atoms with Gasteiger partial charge in [-0.2, -0.15) is 4.37 Å². The van der Waals surface area contributed by atoms with Crippen LogP contribution in [-0.2, 0) is 11.2 Å². The lowest BCUT2D eigenvalue weighted by molar-refractivity contribution is -0.899. The Morgan fingerprint density at radius 3 is 2.75 bits per heavy atom. The molecule has 1 saturated heterocycles. The van der Waals surface area contributed by atoms with Crippen LogP contribution in [0.3, 0.4) is 0 Å². The van der Waals surface area contributed by atoms with Gasteiger partial charge in [0, 0.05) is 24.4 Å². The fourth-order valence-electron chi connectivity index (χ4n) is 3.49. The first-order valence-corrected chi connectivity index (χ1v) is 11.2. The number of rotatable bonds is 10. The molecule has 2 heterocycles. The average Bonchev–Trinajstić information content (AvgIpc) is 3.18. The van der Waals surface area contributed by atoms with E-state index in [0.29, 0.717) is 6.42 Å². The number of carbonyl (C=O) groups excluding carboxylic acids is 1. The van der Waals surface area contributed by atoms with Crippen molar-refractivity contribution >= 4 is 22.6 Å². The monoisotopic (exact) mass is 402 g/mol. The van der Waals surface area contributed by atoms with Crippen LogP contribution in [0.2, 0.25) is 0 Å². The summed E-state index contributed by atoms with van der Waals surface area (Å²) < 4.78 is 4.54. The third kappa shape index (κ3) is 6.56. The number of unbranched alkanes of at least 4 members (excludes halogenated alkanes) is 2. The molecular weight excluding hydrogens is 370 g/mol. The number of piperazine rings is 1. The highest BCUT2D eigenvalue weighted by Crippen LogP contribution is 2.18. The number of amides is 1. The number of anilines is 1. The van der Waals surface area contributed by atoms with Gasteiger partial charge in [-0.1, -0.05) is 50.1 Å². The Morgan fingerprint density at radius 2 is 2.00 bits per heavy atom. The van der Waals surface area contributed by atoms with Gasteiger partial charge >= 0.3 is 0 Å². The van der Waals surface area contributed by atoms with E-state index in [0.717, 1.165) is 75.9 Å². The molecule has 1 fully saturated rings. The van der Waals surface area contributed by atoms with E-state index < -0.39 is 0 Å². The second-order valence-corrected chi connectivity index (χ2v) is 8.18. The SMILES string of the molecule is CCCCCC(=O)NCC[NH+]1CCN(c2nc(Cc3ccccc3)ns2)CC1. The van der Waals surface area contributed by atoms with Gasteiger partial charge in [0.15, 0.2) is 0 Å². The van der Waals surface area contributed by atoms with Crippen molar-refractivity contribution in [2.75, 3.05) is 44.2 Å². The summed E-state index contributed by atoms with van der Waals surface area (Å²) in [6.07, 6.45) is 4.76. The summed E-state index contributed by atoms with van der Waals surface area (Å²) in [7, 11) is 0. The number of nitrogens with zero attached hydrogens (tertiary/aromatic N) is 3. The van der Waals surface area contributed by atoms with E-state index in [2.05, 4.69) is 45.8 Å². The van der Waals surface area contributed by atoms with Gasteiger partial charge in [-0.3, -0.25) is 4.79 Å². The molecule has 1 aliphatic rings. The van der Waals surface area contributed by atoms with Gasteiger partial charge in [0.1, 0.15) is 5.82 Å². The second kappa shape index (κ2) is 11.1. The predicted octanol–water partition coefficient (Wildman–Crippen LogP) is 1.53. The summed E-state index contributed by atoms with van der Waals surface area (Å²) in [5, 5.41) is 4.10. The van der Waals surface area contributed by atoms with Crippen LogP contribution in [0.4, 0.5) is 5.13 Å². The normalized spacial score (nSPS) is 15.0. The molecule has 0 unspecified atom stereocenters. The summed E-state index contributed by atoms with van der Waals surface area (Å²) in [6, 6.07) is 10.4. The summed E-state index contributed by atoms with van der Waals surface area (Å²) in [5.41, 5.74) is 1.25. The molecule has 6 nitrogen and oxygen atoms in total. The van der Waals surface area contributed by atoms with E-state index in [-0.39, 0.29) is 5.91 Å². The number of aromatic nitrogens is 2. The minimum Gasteiger partial charge on any atom is -0.350 e. The molecule has 1 aromatic carbocycles. The van der Waals surface area contributed by atoms with Crippen molar-refractivity contribution in [2.45, 2.75) is 39.0 Å². The Balaban J connectivity index is 1.36. The van der Waals surface area contributed by atoms with E-state index in [1.807, 2.05) is 6.07 Å². The average molecular weight is 403 g/mol. The van der Waals surface area contributed by atoms with Crippen LogP contribution in [0.25, 0.3) is 0 Å². The highest BCUT2D eigenvalue weighted by Gasteiger charge is 2.22. The lowest BCUT2D eigenvalue weighted by Gasteiger charge is -2.31. The first-order chi connectivity index (χ1) is 13.7. The van der Waals surface area contributed by atoms with Crippen LogP contribution in [-0.4, -0.2) is 54.5 Å². The standard InChI is InChI=1S/C21H31N5OS/c1-2-3-5-10-20(27)22-11-12-25-13-15-26(16-14-25)21-23-19(24-28-21)17-18-8-6-4-7-9-18/h4,6-9H,2-3,5,10-17H2,1H3,(H,22,27)/p+1. The Labute approximate surface area is 172 Å². The quantitative estimate of drug-likeness (QED) is 0.592. The van der Waals surface area contributed by atoms with Crippen LogP contribution >= 0.6 is 11.5 Å². The highest BCUT2D eigenvalue weighted by molar-refractivity contribution is 7.09. The van der Waals surface area contributed by atoms with Crippen LogP contribution in [0.5, 0.6) is 0 Å². The van der Waals surface area contributed by atoms with E-state index >= 15 is 0 Å². The van der Waals surface area contributed by atoms with Gasteiger partial charge in [0.2, 0.25) is 11.0 Å². The Morgan fingerprint density at radius 1 is 1.21 bits per heavy atom. The predicted molar refractivity (Wildman–Crippen MR) is 114 cm³/mol. The summed E-state index contributed by atoms with van der Waals surface area (Å²) in [4.78, 5) is 20.4. The minimum absolute atomic E-state index is 0.200. The van der Waals surface area contributed by atoms with Crippen molar-refractivity contribution in [3.63, 3.8) is 0 Å². The molecule has 0 radical (unpaired) electrons. The Kier molecular flexibility index (Phi) is 8.23. The molecule has 0 atom stereocenters. The summed E-state index contributed by atoms with van der Waals surface area (Å²) >= 11 is 1.51. The summed E-state index contributed by atoms with van der Waals surface area (Å²) in [5.74, 6) is 1.11. The topological polar surface area (TPSA) is 62.6 Å². The van der Waals surface area contributed by atoms with Crippen molar-refractivity contribution in [2.24, 2.45) is 0 Å². The number of hydrogen-bond donors (Lipinski definition) is 2. The first-order valence-electron chi connectivity index (χ1n) is 10.5. The fourth-order valence-corrected chi connectivity index (χ4v) is 4.23. The molecule has 1 amide bonds. The van der Waals surface area contributed by atoms with Gasteiger partial charge < -0.3 is 15.1 Å². The number of benzene rings is 1. The van der Waals surface area contributed by atoms with Crippen molar-refractivity contribution in [3.8, 4) is 0 Å². The lowest BCUT2D eigenvalue weighted by atomic mass is 10.1. The second-order valence-electron chi connectivity index (χ2n) is 7.45. The highest BCUT2D eigenvalue weighted by atomic mass is 32.1. The smallest absolute Gasteiger partial charge is 0.220 e. The molecule has 0 saturated carbocycles. The molecule has 7 heteroatoms. The van der Waals surface area contributed by atoms with Gasteiger partial charge in [-0.25, -0.2) is 4.98 Å². The van der Waals surface area contributed by atoms with Crippen molar-refractivity contribution < 1.29 is 9.69 Å². The molecule has 28 heavy (non-hydrogen) atoms. The maximum absolute atomic E-state index is 11.8. The Hall–Kier alpha value is -1.99. The minimum atomic E-state index is 0.200. The fraction of sp³-hybridized carbons (Fsp3) is 0.571. The zero-order valence-corrected chi connectivity index (χ0v) is 17.6. The lowest BCUT2D eigenvalue weighted by Crippen LogP contribution is -3.15. The van der Waals surface area contributed by atoms with Crippen molar-refractivity contribution in [1.29, 1.82) is 0 Å². The van der Waals surface area contributed by atoms with Crippen LogP contribution in [0, 0.1) is 0 Å². The number of carbonyl (C=O) groups is 1. The Bertz CT molecular complexity index is 713. The van der Waals surface area contributed by atoms with Crippen LogP contribution in [0.15, 0.2) is 30.3 Å². The first kappa shape index (κ1) is 20.7. The van der Waals surface area contributed by atoms with Crippen molar-refractivity contribution in [1.82, 2.24) is 14.7 Å². The van der Waals surface area contributed by atoms with Gasteiger partial charge in [-0.05, 0) is 12.0 Å². The molecule has 152 valence electrons. The van der Waals surface area contributed by atoms with E-state index in [1.54, 1.807) is 4.90 Å². The zero-order chi connectivity index (χ0) is 19.6. The van der Waals surface area contributed by atoms with E-state index in [4.69, 9.17) is 4.98 Å². The molecule has 0 bridgehead atoms. The largest absolute Gasteiger partial charge is 0.350 e. The van der Waals surface area contributed by atoms with Crippen LogP contribution in [0.1, 0.15) is 44.0 Å². The summed E-state index contributed by atoms with van der Waals surface area (Å²) in [6.45, 7) is 8.11. The molecule has 1 aromatic heterocycles. The zero-order valence-electron chi connectivity index (χ0n) is 16.8. The van der Waals surface area contributed by atoms with Crippen LogP contribution < -0.4 is 15.1 Å². The maximum atomic E-state index is 11.8. The van der Waals surface area contributed by atoms with Gasteiger partial charge in [0.25, 0.3) is 0 Å². The molecule has 2 N–H and O–H groups in total.